The number of rotatable bonds is 6. The fourth-order valence-corrected chi connectivity index (χ4v) is 3.81. The molecule has 118 valence electrons. The van der Waals surface area contributed by atoms with Crippen molar-refractivity contribution < 1.29 is 13.5 Å². The van der Waals surface area contributed by atoms with Crippen LogP contribution in [0.15, 0.2) is 29.2 Å². The van der Waals surface area contributed by atoms with Crippen LogP contribution in [0.5, 0.6) is 0 Å². The van der Waals surface area contributed by atoms with E-state index in [1.54, 1.807) is 18.2 Å². The molecule has 1 heterocycles. The number of likely N-dealkylation sites (tertiary alicyclic amines) is 1. The average Bonchev–Trinajstić information content (AvgIpc) is 2.94. The summed E-state index contributed by atoms with van der Waals surface area (Å²) in [7, 11) is -3.50. The van der Waals surface area contributed by atoms with Gasteiger partial charge in [0.05, 0.1) is 11.5 Å². The van der Waals surface area contributed by atoms with Gasteiger partial charge in [0.25, 0.3) is 0 Å². The highest BCUT2D eigenvalue weighted by atomic mass is 32.2. The molecular formula is C15H24N2O3S. The van der Waals surface area contributed by atoms with Crippen LogP contribution >= 0.6 is 0 Å². The van der Waals surface area contributed by atoms with Crippen molar-refractivity contribution in [3.63, 3.8) is 0 Å². The van der Waals surface area contributed by atoms with Crippen molar-refractivity contribution in [2.75, 3.05) is 19.6 Å². The van der Waals surface area contributed by atoms with Gasteiger partial charge in [-0.1, -0.05) is 12.1 Å². The smallest absolute Gasteiger partial charge is 0.240 e. The lowest BCUT2D eigenvalue weighted by molar-refractivity contribution is 0.265. The average molecular weight is 312 g/mol. The van der Waals surface area contributed by atoms with E-state index in [2.05, 4.69) is 23.5 Å². The molecule has 1 atom stereocenters. The maximum Gasteiger partial charge on any atom is 0.240 e. The molecule has 1 saturated heterocycles. The van der Waals surface area contributed by atoms with Gasteiger partial charge < -0.3 is 10.0 Å². The molecule has 1 aromatic carbocycles. The van der Waals surface area contributed by atoms with E-state index in [4.69, 9.17) is 5.11 Å². The number of nitrogens with one attached hydrogen (secondary N) is 1. The van der Waals surface area contributed by atoms with E-state index in [0.29, 0.717) is 24.1 Å². The number of sulfonamides is 1. The van der Waals surface area contributed by atoms with Crippen molar-refractivity contribution in [2.45, 2.75) is 37.8 Å². The highest BCUT2D eigenvalue weighted by molar-refractivity contribution is 7.89. The van der Waals surface area contributed by atoms with Crippen LogP contribution in [0.25, 0.3) is 0 Å². The van der Waals surface area contributed by atoms with Crippen LogP contribution < -0.4 is 4.72 Å². The Labute approximate surface area is 127 Å². The largest absolute Gasteiger partial charge is 0.392 e. The molecule has 1 aliphatic rings. The lowest BCUT2D eigenvalue weighted by Crippen LogP contribution is -2.33. The predicted octanol–water partition coefficient (Wildman–Crippen LogP) is 1.19. The summed E-state index contributed by atoms with van der Waals surface area (Å²) in [6.45, 7) is 6.60. The van der Waals surface area contributed by atoms with E-state index < -0.39 is 10.0 Å². The Hall–Kier alpha value is -0.950. The second-order valence-corrected chi connectivity index (χ2v) is 7.67. The zero-order chi connectivity index (χ0) is 15.5. The van der Waals surface area contributed by atoms with Gasteiger partial charge in [0.15, 0.2) is 0 Å². The van der Waals surface area contributed by atoms with Gasteiger partial charge in [0.1, 0.15) is 0 Å². The van der Waals surface area contributed by atoms with Crippen molar-refractivity contribution in [2.24, 2.45) is 5.92 Å². The molecule has 6 heteroatoms. The molecule has 0 spiro atoms. The summed E-state index contributed by atoms with van der Waals surface area (Å²) < 4.78 is 27.2. The first-order valence-corrected chi connectivity index (χ1v) is 8.84. The van der Waals surface area contributed by atoms with Crippen LogP contribution in [0.2, 0.25) is 0 Å². The van der Waals surface area contributed by atoms with Gasteiger partial charge in [-0.2, -0.15) is 0 Å². The summed E-state index contributed by atoms with van der Waals surface area (Å²) in [6, 6.07) is 6.92. The van der Waals surface area contributed by atoms with E-state index in [1.807, 2.05) is 0 Å². The highest BCUT2D eigenvalue weighted by Crippen LogP contribution is 2.19. The topological polar surface area (TPSA) is 69.6 Å². The van der Waals surface area contributed by atoms with Crippen LogP contribution in [-0.4, -0.2) is 44.1 Å². The van der Waals surface area contributed by atoms with E-state index in [9.17, 15) is 8.42 Å². The summed E-state index contributed by atoms with van der Waals surface area (Å²) in [5.74, 6) is 0.364. The molecule has 0 saturated carbocycles. The molecule has 5 nitrogen and oxygen atoms in total. The number of benzene rings is 1. The minimum absolute atomic E-state index is 0.157. The van der Waals surface area contributed by atoms with Crippen LogP contribution in [0.1, 0.15) is 25.8 Å². The van der Waals surface area contributed by atoms with Crippen LogP contribution in [0, 0.1) is 5.92 Å². The third-order valence-electron chi connectivity index (χ3n) is 4.00. The quantitative estimate of drug-likeness (QED) is 0.828. The van der Waals surface area contributed by atoms with Gasteiger partial charge in [0, 0.05) is 19.1 Å². The minimum atomic E-state index is -3.50. The van der Waals surface area contributed by atoms with E-state index >= 15 is 0 Å². The van der Waals surface area contributed by atoms with E-state index in [1.165, 1.54) is 6.07 Å². The first kappa shape index (κ1) is 16.4. The summed E-state index contributed by atoms with van der Waals surface area (Å²) in [5.41, 5.74) is 0.602. The Balaban J connectivity index is 1.95. The Bertz CT molecular complexity index is 572. The molecule has 2 rings (SSSR count). The Kier molecular flexibility index (Phi) is 5.37. The standard InChI is InChI=1S/C15H24N2O3S/c1-12(2)17-7-6-14(10-17)9-16-21(19,20)15-5-3-4-13(8-15)11-18/h3-5,8,12,14,16,18H,6-7,9-11H2,1-2H3. The fraction of sp³-hybridized carbons (Fsp3) is 0.600. The molecule has 0 aliphatic carbocycles. The number of nitrogens with zero attached hydrogens (tertiary/aromatic N) is 1. The van der Waals surface area contributed by atoms with Gasteiger partial charge in [-0.05, 0) is 50.4 Å². The number of hydrogen-bond acceptors (Lipinski definition) is 4. The summed E-state index contributed by atoms with van der Waals surface area (Å²) in [5, 5.41) is 9.09. The molecule has 0 radical (unpaired) electrons. The van der Waals surface area contributed by atoms with Gasteiger partial charge >= 0.3 is 0 Å². The third kappa shape index (κ3) is 4.26. The Morgan fingerprint density at radius 2 is 2.19 bits per heavy atom. The van der Waals surface area contributed by atoms with E-state index in [0.717, 1.165) is 19.5 Å². The van der Waals surface area contributed by atoms with Crippen molar-refractivity contribution in [1.82, 2.24) is 9.62 Å². The molecule has 1 unspecified atom stereocenters. The zero-order valence-corrected chi connectivity index (χ0v) is 13.4. The normalized spacial score (nSPS) is 20.3. The zero-order valence-electron chi connectivity index (χ0n) is 12.6. The SMILES string of the molecule is CC(C)N1CCC(CNS(=O)(=O)c2cccc(CO)c2)C1. The molecule has 0 bridgehead atoms. The van der Waals surface area contributed by atoms with Gasteiger partial charge in [0.2, 0.25) is 10.0 Å². The summed E-state index contributed by atoms with van der Waals surface area (Å²) >= 11 is 0. The lowest BCUT2D eigenvalue weighted by Gasteiger charge is -2.20. The first-order valence-electron chi connectivity index (χ1n) is 7.36. The van der Waals surface area contributed by atoms with E-state index in [-0.39, 0.29) is 11.5 Å². The minimum Gasteiger partial charge on any atom is -0.392 e. The number of aliphatic hydroxyl groups is 1. The highest BCUT2D eigenvalue weighted by Gasteiger charge is 2.25. The summed E-state index contributed by atoms with van der Waals surface area (Å²) in [6.07, 6.45) is 1.03. The fourth-order valence-electron chi connectivity index (χ4n) is 2.62. The van der Waals surface area contributed by atoms with Crippen molar-refractivity contribution in [1.29, 1.82) is 0 Å². The molecule has 1 fully saturated rings. The van der Waals surface area contributed by atoms with Gasteiger partial charge in [-0.25, -0.2) is 13.1 Å². The molecule has 0 aromatic heterocycles. The molecular weight excluding hydrogens is 288 g/mol. The van der Waals surface area contributed by atoms with Crippen LogP contribution in [-0.2, 0) is 16.6 Å². The second-order valence-electron chi connectivity index (χ2n) is 5.90. The van der Waals surface area contributed by atoms with Gasteiger partial charge in [-0.15, -0.1) is 0 Å². The van der Waals surface area contributed by atoms with Crippen LogP contribution in [0.4, 0.5) is 0 Å². The molecule has 1 aliphatic heterocycles. The predicted molar refractivity (Wildman–Crippen MR) is 82.4 cm³/mol. The molecule has 1 aromatic rings. The molecule has 21 heavy (non-hydrogen) atoms. The first-order chi connectivity index (χ1) is 9.92. The van der Waals surface area contributed by atoms with Crippen molar-refractivity contribution in [3.8, 4) is 0 Å². The maximum atomic E-state index is 12.3. The molecule has 0 amide bonds. The monoisotopic (exact) mass is 312 g/mol. The third-order valence-corrected chi connectivity index (χ3v) is 5.42. The van der Waals surface area contributed by atoms with Gasteiger partial charge in [-0.3, -0.25) is 0 Å². The summed E-state index contributed by atoms with van der Waals surface area (Å²) in [4.78, 5) is 2.58. The van der Waals surface area contributed by atoms with Crippen LogP contribution in [0.3, 0.4) is 0 Å². The number of hydrogen-bond donors (Lipinski definition) is 2. The second kappa shape index (κ2) is 6.87. The van der Waals surface area contributed by atoms with Crippen molar-refractivity contribution in [3.05, 3.63) is 29.8 Å². The number of aliphatic hydroxyl groups excluding tert-OH is 1. The lowest BCUT2D eigenvalue weighted by atomic mass is 10.1. The Morgan fingerprint density at radius 1 is 1.43 bits per heavy atom. The molecule has 2 N–H and O–H groups in total. The Morgan fingerprint density at radius 3 is 2.81 bits per heavy atom. The van der Waals surface area contributed by atoms with Crippen molar-refractivity contribution >= 4 is 10.0 Å². The maximum absolute atomic E-state index is 12.3.